The third-order valence-corrected chi connectivity index (χ3v) is 5.96. The van der Waals surface area contributed by atoms with Crippen molar-refractivity contribution in [3.05, 3.63) is 93.6 Å². The summed E-state index contributed by atoms with van der Waals surface area (Å²) in [6.07, 6.45) is -4.70. The van der Waals surface area contributed by atoms with E-state index in [9.17, 15) is 27.6 Å². The van der Waals surface area contributed by atoms with E-state index in [1.54, 1.807) is 18.2 Å². The van der Waals surface area contributed by atoms with Crippen LogP contribution in [0.5, 0.6) is 5.75 Å². The number of amides is 3. The summed E-state index contributed by atoms with van der Waals surface area (Å²) in [5.74, 6) is -1.95. The average Bonchev–Trinajstić information content (AvgIpc) is 3.07. The van der Waals surface area contributed by atoms with Gasteiger partial charge in [0, 0.05) is 16.9 Å². The molecule has 4 rings (SSSR count). The van der Waals surface area contributed by atoms with Crippen molar-refractivity contribution < 1.29 is 32.3 Å². The molecule has 0 unspecified atom stereocenters. The standard InChI is InChI=1S/C25H16Cl2F3N3O4/c1-37-19-8-3-2-7-18(19)33-23(35)20(27)21(24(33)36)31-14-6-4-5-13(11-14)22(34)32-15-9-10-17(26)16(12-15)25(28,29)30/h2-12,31H,1H3,(H,32,34). The van der Waals surface area contributed by atoms with Crippen molar-refractivity contribution in [2.24, 2.45) is 0 Å². The third kappa shape index (κ3) is 5.25. The predicted molar refractivity (Wildman–Crippen MR) is 133 cm³/mol. The van der Waals surface area contributed by atoms with Gasteiger partial charge in [0.2, 0.25) is 0 Å². The highest BCUT2D eigenvalue weighted by Crippen LogP contribution is 2.37. The normalized spacial score (nSPS) is 13.7. The van der Waals surface area contributed by atoms with E-state index >= 15 is 0 Å². The van der Waals surface area contributed by atoms with E-state index < -0.39 is 34.5 Å². The van der Waals surface area contributed by atoms with E-state index in [1.165, 1.54) is 43.5 Å². The maximum absolute atomic E-state index is 13.1. The Morgan fingerprint density at radius 3 is 2.35 bits per heavy atom. The highest BCUT2D eigenvalue weighted by molar-refractivity contribution is 6.53. The summed E-state index contributed by atoms with van der Waals surface area (Å²) in [5.41, 5.74) is -0.936. The number of anilines is 3. The molecule has 0 aromatic heterocycles. The number of rotatable bonds is 6. The molecule has 190 valence electrons. The number of hydrogen-bond donors (Lipinski definition) is 2. The third-order valence-electron chi connectivity index (χ3n) is 5.28. The van der Waals surface area contributed by atoms with Crippen LogP contribution < -0.4 is 20.3 Å². The molecule has 1 aliphatic rings. The molecule has 12 heteroatoms. The van der Waals surface area contributed by atoms with Crippen LogP contribution in [-0.4, -0.2) is 24.8 Å². The van der Waals surface area contributed by atoms with Crippen molar-refractivity contribution >= 4 is 58.0 Å². The number of methoxy groups -OCH3 is 1. The summed E-state index contributed by atoms with van der Waals surface area (Å²) in [6.45, 7) is 0. The smallest absolute Gasteiger partial charge is 0.417 e. The van der Waals surface area contributed by atoms with Gasteiger partial charge in [0.1, 0.15) is 16.5 Å². The number of nitrogens with one attached hydrogen (secondary N) is 2. The molecule has 0 aliphatic carbocycles. The molecule has 0 saturated carbocycles. The van der Waals surface area contributed by atoms with Crippen LogP contribution in [0.4, 0.5) is 30.2 Å². The lowest BCUT2D eigenvalue weighted by atomic mass is 10.1. The number of carbonyl (C=O) groups excluding carboxylic acids is 3. The quantitative estimate of drug-likeness (QED) is 0.365. The van der Waals surface area contributed by atoms with Crippen molar-refractivity contribution in [2.75, 3.05) is 22.6 Å². The molecule has 2 N–H and O–H groups in total. The van der Waals surface area contributed by atoms with Crippen molar-refractivity contribution in [1.82, 2.24) is 0 Å². The number of imide groups is 1. The molecule has 3 amide bonds. The molecule has 1 aliphatic heterocycles. The first-order chi connectivity index (χ1) is 17.5. The monoisotopic (exact) mass is 549 g/mol. The van der Waals surface area contributed by atoms with Gasteiger partial charge in [0.25, 0.3) is 17.7 Å². The fourth-order valence-electron chi connectivity index (χ4n) is 3.55. The number of alkyl halides is 3. The Balaban J connectivity index is 1.55. The zero-order valence-electron chi connectivity index (χ0n) is 18.8. The van der Waals surface area contributed by atoms with Gasteiger partial charge in [-0.15, -0.1) is 0 Å². The van der Waals surface area contributed by atoms with E-state index in [2.05, 4.69) is 10.6 Å². The Bertz CT molecular complexity index is 1460. The van der Waals surface area contributed by atoms with Crippen molar-refractivity contribution in [2.45, 2.75) is 6.18 Å². The number of halogens is 5. The molecule has 3 aromatic rings. The number of carbonyl (C=O) groups is 3. The molecule has 0 bridgehead atoms. The summed E-state index contributed by atoms with van der Waals surface area (Å²) in [5, 5.41) is 4.26. The molecule has 0 saturated heterocycles. The minimum atomic E-state index is -4.70. The fourth-order valence-corrected chi connectivity index (χ4v) is 3.99. The van der Waals surface area contributed by atoms with Gasteiger partial charge in [-0.05, 0) is 48.5 Å². The highest BCUT2D eigenvalue weighted by atomic mass is 35.5. The lowest BCUT2D eigenvalue weighted by Crippen LogP contribution is -2.32. The Hall–Kier alpha value is -4.02. The summed E-state index contributed by atoms with van der Waals surface area (Å²) in [4.78, 5) is 39.4. The van der Waals surface area contributed by atoms with E-state index in [-0.39, 0.29) is 39.1 Å². The van der Waals surface area contributed by atoms with Crippen LogP contribution in [0.25, 0.3) is 0 Å². The highest BCUT2D eigenvalue weighted by Gasteiger charge is 2.40. The Morgan fingerprint density at radius 1 is 0.919 bits per heavy atom. The van der Waals surface area contributed by atoms with Crippen LogP contribution in [0.3, 0.4) is 0 Å². The molecule has 0 fully saturated rings. The van der Waals surface area contributed by atoms with Gasteiger partial charge in [-0.2, -0.15) is 13.2 Å². The molecule has 1 heterocycles. The second kappa shape index (κ2) is 10.2. The second-order valence-electron chi connectivity index (χ2n) is 7.66. The molecule has 7 nitrogen and oxygen atoms in total. The van der Waals surface area contributed by atoms with Crippen molar-refractivity contribution in [3.8, 4) is 5.75 Å². The average molecular weight is 550 g/mol. The Kier molecular flexibility index (Phi) is 7.15. The Morgan fingerprint density at radius 2 is 1.65 bits per heavy atom. The van der Waals surface area contributed by atoms with Gasteiger partial charge in [-0.3, -0.25) is 14.4 Å². The van der Waals surface area contributed by atoms with Crippen LogP contribution in [0, 0.1) is 0 Å². The van der Waals surface area contributed by atoms with Crippen molar-refractivity contribution in [1.29, 1.82) is 0 Å². The first-order valence-electron chi connectivity index (χ1n) is 10.5. The minimum absolute atomic E-state index is 0.0589. The predicted octanol–water partition coefficient (Wildman–Crippen LogP) is 6.06. The number of benzene rings is 3. The molecule has 0 atom stereocenters. The maximum Gasteiger partial charge on any atom is 0.417 e. The van der Waals surface area contributed by atoms with Crippen LogP contribution in [0.15, 0.2) is 77.5 Å². The summed E-state index contributed by atoms with van der Waals surface area (Å²) >= 11 is 11.8. The lowest BCUT2D eigenvalue weighted by Gasteiger charge is -2.18. The minimum Gasteiger partial charge on any atom is -0.495 e. The maximum atomic E-state index is 13.1. The second-order valence-corrected chi connectivity index (χ2v) is 8.44. The topological polar surface area (TPSA) is 87.7 Å². The number of ether oxygens (including phenoxy) is 1. The SMILES string of the molecule is COc1ccccc1N1C(=O)C(Cl)=C(Nc2cccc(C(=O)Nc3ccc(Cl)c(C(F)(F)F)c3)c2)C1=O. The molecule has 3 aromatic carbocycles. The number of hydrogen-bond acceptors (Lipinski definition) is 5. The zero-order valence-corrected chi connectivity index (χ0v) is 20.3. The lowest BCUT2D eigenvalue weighted by molar-refractivity contribution is -0.137. The van der Waals surface area contributed by atoms with Crippen LogP contribution in [0.2, 0.25) is 5.02 Å². The summed E-state index contributed by atoms with van der Waals surface area (Å²) < 4.78 is 44.6. The number of nitrogens with zero attached hydrogens (tertiary/aromatic N) is 1. The largest absolute Gasteiger partial charge is 0.495 e. The fraction of sp³-hybridized carbons (Fsp3) is 0.0800. The van der Waals surface area contributed by atoms with Gasteiger partial charge in [0.15, 0.2) is 0 Å². The summed E-state index contributed by atoms with van der Waals surface area (Å²) in [6, 6.07) is 15.1. The van der Waals surface area contributed by atoms with Crippen LogP contribution >= 0.6 is 23.2 Å². The first-order valence-corrected chi connectivity index (χ1v) is 11.2. The van der Waals surface area contributed by atoms with E-state index in [0.717, 1.165) is 17.0 Å². The molecule has 37 heavy (non-hydrogen) atoms. The van der Waals surface area contributed by atoms with Gasteiger partial charge in [0.05, 0.1) is 23.4 Å². The zero-order chi connectivity index (χ0) is 26.9. The van der Waals surface area contributed by atoms with Gasteiger partial charge < -0.3 is 15.4 Å². The van der Waals surface area contributed by atoms with E-state index in [0.29, 0.717) is 0 Å². The van der Waals surface area contributed by atoms with Gasteiger partial charge in [-0.1, -0.05) is 41.4 Å². The van der Waals surface area contributed by atoms with E-state index in [1.807, 2.05) is 0 Å². The van der Waals surface area contributed by atoms with Crippen LogP contribution in [-0.2, 0) is 15.8 Å². The first kappa shape index (κ1) is 26.1. The number of para-hydroxylation sites is 2. The molecular weight excluding hydrogens is 534 g/mol. The van der Waals surface area contributed by atoms with Crippen molar-refractivity contribution in [3.63, 3.8) is 0 Å². The molecular formula is C25H16Cl2F3N3O4. The van der Waals surface area contributed by atoms with E-state index in [4.69, 9.17) is 27.9 Å². The molecule has 0 radical (unpaired) electrons. The van der Waals surface area contributed by atoms with Gasteiger partial charge in [-0.25, -0.2) is 4.90 Å². The Labute approximate surface area is 218 Å². The van der Waals surface area contributed by atoms with Gasteiger partial charge >= 0.3 is 6.18 Å². The van der Waals surface area contributed by atoms with Crippen LogP contribution in [0.1, 0.15) is 15.9 Å². The molecule has 0 spiro atoms. The summed E-state index contributed by atoms with van der Waals surface area (Å²) in [7, 11) is 1.39.